The van der Waals surface area contributed by atoms with Crippen LogP contribution in [0.1, 0.15) is 46.7 Å². The number of carbonyl (C=O) groups excluding carboxylic acids is 3. The Bertz CT molecular complexity index is 890. The van der Waals surface area contributed by atoms with Gasteiger partial charge >= 0.3 is 12.1 Å². The monoisotopic (exact) mass is 440 g/mol. The van der Waals surface area contributed by atoms with Crippen molar-refractivity contribution in [3.8, 4) is 11.1 Å². The lowest BCUT2D eigenvalue weighted by molar-refractivity contribution is -0.191. The molecule has 0 amide bonds. The first-order chi connectivity index (χ1) is 14.4. The van der Waals surface area contributed by atoms with E-state index in [0.29, 0.717) is 46.6 Å². The van der Waals surface area contributed by atoms with Gasteiger partial charge in [-0.3, -0.25) is 0 Å². The van der Waals surface area contributed by atoms with Gasteiger partial charge in [-0.15, -0.1) is 0 Å². The van der Waals surface area contributed by atoms with Gasteiger partial charge in [-0.1, -0.05) is 30.7 Å². The molecule has 1 heterocycles. The molecular weight excluding hydrogens is 416 g/mol. The van der Waals surface area contributed by atoms with Crippen LogP contribution in [0.4, 0.5) is 0 Å². The summed E-state index contributed by atoms with van der Waals surface area (Å²) in [5.41, 5.74) is 3.38. The number of nitrogens with one attached hydrogen (secondary N) is 2. The third-order valence-electron chi connectivity index (χ3n) is 4.33. The van der Waals surface area contributed by atoms with Crippen molar-refractivity contribution in [2.45, 2.75) is 40.2 Å². The van der Waals surface area contributed by atoms with E-state index in [-0.39, 0.29) is 43.3 Å². The van der Waals surface area contributed by atoms with E-state index >= 15 is 0 Å². The highest BCUT2D eigenvalue weighted by Gasteiger charge is 2.25. The number of esters is 1. The Morgan fingerprint density at radius 1 is 1.13 bits per heavy atom. The molecule has 0 spiro atoms. The predicted octanol–water partition coefficient (Wildman–Crippen LogP) is 1.51. The van der Waals surface area contributed by atoms with Crippen molar-refractivity contribution < 1.29 is 34.4 Å². The summed E-state index contributed by atoms with van der Waals surface area (Å²) in [4.78, 5) is 31.5. The van der Waals surface area contributed by atoms with Crippen LogP contribution in [0.5, 0.6) is 0 Å². The normalized spacial score (nSPS) is 10.2. The molecule has 10 heteroatoms. The Balaban J connectivity index is 0.00000141. The van der Waals surface area contributed by atoms with E-state index in [1.54, 1.807) is 19.1 Å². The average molecular weight is 441 g/mol. The smallest absolute Gasteiger partial charge is 0.373 e. The minimum absolute atomic E-state index is 0.141. The molecule has 0 saturated carbocycles. The highest BCUT2D eigenvalue weighted by molar-refractivity contribution is 6.36. The van der Waals surface area contributed by atoms with Crippen LogP contribution < -0.4 is 5.32 Å². The number of aromatic nitrogens is 1. The van der Waals surface area contributed by atoms with Crippen LogP contribution in [-0.2, 0) is 40.7 Å². The number of ether oxygens (including phenoxy) is 1. The van der Waals surface area contributed by atoms with E-state index in [1.165, 1.54) is 0 Å². The molecule has 9 nitrogen and oxygen atoms in total. The molecule has 0 unspecified atom stereocenters. The highest BCUT2D eigenvalue weighted by Crippen LogP contribution is 2.38. The number of halogens is 1. The van der Waals surface area contributed by atoms with Crippen LogP contribution in [0.15, 0.2) is 12.1 Å². The molecule has 0 atom stereocenters. The van der Waals surface area contributed by atoms with Gasteiger partial charge in [0.25, 0.3) is 0 Å². The Labute approximate surface area is 178 Å². The van der Waals surface area contributed by atoms with Crippen molar-refractivity contribution in [3.05, 3.63) is 45.2 Å². The molecule has 0 bridgehead atoms. The van der Waals surface area contributed by atoms with Crippen LogP contribution in [0.3, 0.4) is 0 Å². The minimum atomic E-state index is -0.564. The van der Waals surface area contributed by atoms with Crippen molar-refractivity contribution in [2.75, 3.05) is 13.2 Å². The number of benzene rings is 1. The quantitative estimate of drug-likeness (QED) is 0.368. The molecule has 164 valence electrons. The molecule has 2 rings (SSSR count). The van der Waals surface area contributed by atoms with Crippen LogP contribution in [0.2, 0.25) is 5.02 Å². The Morgan fingerprint density at radius 3 is 2.27 bits per heavy atom. The summed E-state index contributed by atoms with van der Waals surface area (Å²) < 4.78 is 5.06. The maximum Gasteiger partial charge on any atom is 0.373 e. The summed E-state index contributed by atoms with van der Waals surface area (Å²) in [6, 6.07) is 3.39. The zero-order valence-electron chi connectivity index (χ0n) is 16.7. The number of hydrogen-bond donors (Lipinski definition) is 5. The number of aromatic amines is 1. The standard InChI is InChI=1S/C19H25ClN2O5.CO2/c1-3-21-7-15-16(17(20)18(22-15)19(26)27-4-2)12-6-5-11(8-23)13(9-24)14(12)10-25;2-1-3/h5-6,21-25H,3-4,7-10H2,1-2H3;. The second-order valence-corrected chi connectivity index (χ2v) is 6.33. The topological polar surface area (TPSA) is 149 Å². The average Bonchev–Trinajstić information content (AvgIpc) is 3.07. The lowest BCUT2D eigenvalue weighted by atomic mass is 9.92. The molecule has 30 heavy (non-hydrogen) atoms. The number of carbonyl (C=O) groups is 1. The van der Waals surface area contributed by atoms with E-state index in [1.807, 2.05) is 6.92 Å². The second kappa shape index (κ2) is 12.9. The number of H-pyrrole nitrogens is 1. The zero-order valence-corrected chi connectivity index (χ0v) is 17.5. The molecule has 0 aliphatic rings. The maximum atomic E-state index is 12.2. The summed E-state index contributed by atoms with van der Waals surface area (Å²) in [6.07, 6.45) is 0.250. The molecular formula is C20H25ClN2O7. The van der Waals surface area contributed by atoms with Gasteiger partial charge < -0.3 is 30.4 Å². The van der Waals surface area contributed by atoms with E-state index in [2.05, 4.69) is 10.3 Å². The summed E-state index contributed by atoms with van der Waals surface area (Å²) >= 11 is 6.52. The van der Waals surface area contributed by atoms with Gasteiger partial charge in [-0.05, 0) is 35.7 Å². The lowest BCUT2D eigenvalue weighted by Crippen LogP contribution is -2.13. The molecule has 0 aliphatic heterocycles. The van der Waals surface area contributed by atoms with E-state index in [0.717, 1.165) is 0 Å². The number of hydrogen-bond acceptors (Lipinski definition) is 8. The van der Waals surface area contributed by atoms with Gasteiger partial charge in [0.2, 0.25) is 0 Å². The van der Waals surface area contributed by atoms with Crippen LogP contribution in [0.25, 0.3) is 11.1 Å². The summed E-state index contributed by atoms with van der Waals surface area (Å²) in [5.74, 6) is -0.564. The van der Waals surface area contributed by atoms with E-state index < -0.39 is 5.97 Å². The van der Waals surface area contributed by atoms with Gasteiger partial charge in [-0.2, -0.15) is 9.59 Å². The fourth-order valence-corrected chi connectivity index (χ4v) is 3.37. The maximum absolute atomic E-state index is 12.2. The highest BCUT2D eigenvalue weighted by atomic mass is 35.5. The van der Waals surface area contributed by atoms with Gasteiger partial charge in [0.05, 0.1) is 31.5 Å². The Hall–Kier alpha value is -2.52. The molecule has 0 fully saturated rings. The number of aliphatic hydroxyl groups excluding tert-OH is 3. The molecule has 2 aromatic rings. The van der Waals surface area contributed by atoms with Crippen LogP contribution >= 0.6 is 11.6 Å². The molecule has 1 aromatic heterocycles. The summed E-state index contributed by atoms with van der Waals surface area (Å²) in [7, 11) is 0. The molecule has 5 N–H and O–H groups in total. The van der Waals surface area contributed by atoms with E-state index in [4.69, 9.17) is 25.9 Å². The van der Waals surface area contributed by atoms with Gasteiger partial charge in [0, 0.05) is 17.8 Å². The third kappa shape index (κ3) is 5.76. The van der Waals surface area contributed by atoms with Gasteiger partial charge in [-0.25, -0.2) is 4.79 Å². The molecule has 0 radical (unpaired) electrons. The Kier molecular flexibility index (Phi) is 11.0. The summed E-state index contributed by atoms with van der Waals surface area (Å²) in [6.45, 7) is 4.06. The molecule has 0 aliphatic carbocycles. The molecule has 1 aromatic carbocycles. The van der Waals surface area contributed by atoms with Crippen molar-refractivity contribution in [3.63, 3.8) is 0 Å². The number of rotatable bonds is 9. The van der Waals surface area contributed by atoms with Gasteiger partial charge in [0.1, 0.15) is 5.69 Å². The first kappa shape index (κ1) is 25.5. The van der Waals surface area contributed by atoms with Crippen molar-refractivity contribution in [1.29, 1.82) is 0 Å². The van der Waals surface area contributed by atoms with Crippen molar-refractivity contribution in [1.82, 2.24) is 10.3 Å². The summed E-state index contributed by atoms with van der Waals surface area (Å²) in [5, 5.41) is 32.5. The van der Waals surface area contributed by atoms with Crippen molar-refractivity contribution in [2.24, 2.45) is 0 Å². The van der Waals surface area contributed by atoms with Crippen LogP contribution in [-0.4, -0.2) is 45.6 Å². The fourth-order valence-electron chi connectivity index (χ4n) is 3.03. The largest absolute Gasteiger partial charge is 0.461 e. The fraction of sp³-hybridized carbons (Fsp3) is 0.400. The molecule has 0 saturated heterocycles. The van der Waals surface area contributed by atoms with Gasteiger partial charge in [0.15, 0.2) is 0 Å². The zero-order chi connectivity index (χ0) is 22.7. The SMILES string of the molecule is CCNCc1[nH]c(C(=O)OCC)c(Cl)c1-c1ccc(CO)c(CO)c1CO.O=C=O. The van der Waals surface area contributed by atoms with Crippen molar-refractivity contribution >= 4 is 23.7 Å². The van der Waals surface area contributed by atoms with Crippen LogP contribution in [0, 0.1) is 0 Å². The lowest BCUT2D eigenvalue weighted by Gasteiger charge is -2.16. The first-order valence-corrected chi connectivity index (χ1v) is 9.57. The first-order valence-electron chi connectivity index (χ1n) is 9.19. The van der Waals surface area contributed by atoms with E-state index in [9.17, 15) is 20.1 Å². The minimum Gasteiger partial charge on any atom is -0.461 e. The third-order valence-corrected chi connectivity index (χ3v) is 4.71. The second-order valence-electron chi connectivity index (χ2n) is 5.96. The number of aliphatic hydroxyl groups is 3. The predicted molar refractivity (Wildman–Crippen MR) is 107 cm³/mol. The Morgan fingerprint density at radius 2 is 1.77 bits per heavy atom.